The average molecular weight is 415 g/mol. The molecule has 0 fully saturated rings. The highest BCUT2D eigenvalue weighted by Crippen LogP contribution is 2.18. The van der Waals surface area contributed by atoms with Gasteiger partial charge in [0.2, 0.25) is 0 Å². The summed E-state index contributed by atoms with van der Waals surface area (Å²) in [6.45, 7) is 2.07. The lowest BCUT2D eigenvalue weighted by molar-refractivity contribution is 0.102. The number of pyridine rings is 1. The van der Waals surface area contributed by atoms with Gasteiger partial charge < -0.3 is 14.8 Å². The van der Waals surface area contributed by atoms with Crippen LogP contribution in [0.4, 0.5) is 5.69 Å². The molecule has 1 N–H and O–H groups in total. The summed E-state index contributed by atoms with van der Waals surface area (Å²) in [6.07, 6.45) is 1.70. The molecule has 4 rings (SSSR count). The molecule has 0 aliphatic rings. The van der Waals surface area contributed by atoms with Gasteiger partial charge in [-0.1, -0.05) is 6.07 Å². The van der Waals surface area contributed by atoms with E-state index in [4.69, 9.17) is 9.47 Å². The zero-order valence-corrected chi connectivity index (χ0v) is 17.2. The number of hydrogen-bond donors (Lipinski definition) is 1. The Balaban J connectivity index is 1.40. The summed E-state index contributed by atoms with van der Waals surface area (Å²) in [7, 11) is 1.58. The number of carbonyl (C=O) groups excluding carboxylic acids is 1. The van der Waals surface area contributed by atoms with Crippen LogP contribution in [0.1, 0.15) is 21.6 Å². The van der Waals surface area contributed by atoms with E-state index in [1.807, 2.05) is 19.1 Å². The Morgan fingerprint density at radius 2 is 1.74 bits per heavy atom. The Bertz CT molecular complexity index is 1280. The number of methoxy groups -OCH3 is 1. The highest BCUT2D eigenvalue weighted by Gasteiger charge is 2.08. The topological polar surface area (TPSA) is 81.9 Å². The molecule has 0 radical (unpaired) electrons. The molecule has 0 saturated heterocycles. The van der Waals surface area contributed by atoms with E-state index in [2.05, 4.69) is 10.3 Å². The quantitative estimate of drug-likeness (QED) is 0.517. The van der Waals surface area contributed by atoms with Crippen molar-refractivity contribution < 1.29 is 14.3 Å². The fraction of sp³-hybridized carbons (Fsp3) is 0.125. The number of hydrogen-bond acceptors (Lipinski definition) is 5. The number of carbonyl (C=O) groups is 1. The van der Waals surface area contributed by atoms with Crippen molar-refractivity contribution in [2.45, 2.75) is 13.5 Å². The predicted octanol–water partition coefficient (Wildman–Crippen LogP) is 3.84. The minimum atomic E-state index is -0.215. The fourth-order valence-corrected chi connectivity index (χ4v) is 3.12. The van der Waals surface area contributed by atoms with Gasteiger partial charge in [0.1, 0.15) is 23.8 Å². The second-order valence-corrected chi connectivity index (χ2v) is 6.97. The van der Waals surface area contributed by atoms with Crippen molar-refractivity contribution in [2.75, 3.05) is 12.4 Å². The molecule has 0 unspecified atom stereocenters. The van der Waals surface area contributed by atoms with Crippen molar-refractivity contribution in [3.8, 4) is 11.5 Å². The van der Waals surface area contributed by atoms with Crippen molar-refractivity contribution >= 4 is 17.2 Å². The number of fused-ring (bicyclic) bond motifs is 1. The number of nitrogens with zero attached hydrogens (tertiary/aromatic N) is 2. The number of aryl methyl sites for hydroxylation is 1. The minimum absolute atomic E-state index is 0.149. The number of amides is 1. The maximum absolute atomic E-state index is 12.4. The molecule has 0 saturated carbocycles. The Kier molecular flexibility index (Phi) is 5.66. The average Bonchev–Trinajstić information content (AvgIpc) is 2.79. The highest BCUT2D eigenvalue weighted by molar-refractivity contribution is 6.04. The molecule has 7 heteroatoms. The molecule has 2 aromatic heterocycles. The number of anilines is 1. The summed E-state index contributed by atoms with van der Waals surface area (Å²) in [6, 6.07) is 19.1. The maximum Gasteiger partial charge on any atom is 0.258 e. The first-order valence-electron chi connectivity index (χ1n) is 9.70. The van der Waals surface area contributed by atoms with Crippen LogP contribution in [0.2, 0.25) is 0 Å². The zero-order chi connectivity index (χ0) is 21.8. The van der Waals surface area contributed by atoms with Gasteiger partial charge in [0.05, 0.1) is 12.8 Å². The van der Waals surface area contributed by atoms with Crippen LogP contribution in [-0.2, 0) is 6.61 Å². The normalized spacial score (nSPS) is 10.6. The molecule has 4 aromatic rings. The molecule has 0 spiro atoms. The minimum Gasteiger partial charge on any atom is -0.497 e. The first-order valence-corrected chi connectivity index (χ1v) is 9.70. The van der Waals surface area contributed by atoms with Crippen molar-refractivity contribution in [2.24, 2.45) is 0 Å². The number of rotatable bonds is 6. The van der Waals surface area contributed by atoms with Crippen LogP contribution in [-0.4, -0.2) is 22.4 Å². The van der Waals surface area contributed by atoms with Gasteiger partial charge in [0.15, 0.2) is 0 Å². The number of benzene rings is 2. The molecule has 0 atom stereocenters. The molecule has 2 aromatic carbocycles. The van der Waals surface area contributed by atoms with Crippen LogP contribution in [0.5, 0.6) is 11.5 Å². The number of nitrogens with one attached hydrogen (secondary N) is 1. The predicted molar refractivity (Wildman–Crippen MR) is 118 cm³/mol. The van der Waals surface area contributed by atoms with Gasteiger partial charge in [-0.25, -0.2) is 4.98 Å². The largest absolute Gasteiger partial charge is 0.497 e. The number of ether oxygens (including phenoxy) is 2. The summed E-state index contributed by atoms with van der Waals surface area (Å²) in [5.41, 5.74) is 3.11. The summed E-state index contributed by atoms with van der Waals surface area (Å²) < 4.78 is 12.4. The molecule has 156 valence electrons. The van der Waals surface area contributed by atoms with Crippen LogP contribution < -0.4 is 20.3 Å². The Hall–Kier alpha value is -4.13. The van der Waals surface area contributed by atoms with Crippen molar-refractivity contribution in [3.05, 3.63) is 100 Å². The smallest absolute Gasteiger partial charge is 0.258 e. The van der Waals surface area contributed by atoms with E-state index >= 15 is 0 Å². The summed E-state index contributed by atoms with van der Waals surface area (Å²) in [5.74, 6) is 1.08. The summed E-state index contributed by atoms with van der Waals surface area (Å²) in [4.78, 5) is 29.2. The van der Waals surface area contributed by atoms with E-state index in [0.29, 0.717) is 34.1 Å². The van der Waals surface area contributed by atoms with Crippen molar-refractivity contribution in [3.63, 3.8) is 0 Å². The van der Waals surface area contributed by atoms with Crippen LogP contribution in [0.3, 0.4) is 0 Å². The van der Waals surface area contributed by atoms with E-state index in [9.17, 15) is 9.59 Å². The van der Waals surface area contributed by atoms with E-state index in [1.165, 1.54) is 10.5 Å². The summed E-state index contributed by atoms with van der Waals surface area (Å²) in [5, 5.41) is 2.84. The zero-order valence-electron chi connectivity index (χ0n) is 17.2. The van der Waals surface area contributed by atoms with E-state index in [-0.39, 0.29) is 18.1 Å². The van der Waals surface area contributed by atoms with Gasteiger partial charge in [-0.3, -0.25) is 14.0 Å². The molecule has 31 heavy (non-hydrogen) atoms. The monoisotopic (exact) mass is 415 g/mol. The lowest BCUT2D eigenvalue weighted by Gasteiger charge is -2.10. The molecular formula is C24H21N3O4. The van der Waals surface area contributed by atoms with Gasteiger partial charge in [-0.2, -0.15) is 0 Å². The summed E-state index contributed by atoms with van der Waals surface area (Å²) >= 11 is 0. The first-order chi connectivity index (χ1) is 15.0. The molecular weight excluding hydrogens is 394 g/mol. The molecule has 2 heterocycles. The van der Waals surface area contributed by atoms with Gasteiger partial charge in [-0.05, 0) is 67.1 Å². The first kappa shape index (κ1) is 20.2. The molecule has 7 nitrogen and oxygen atoms in total. The van der Waals surface area contributed by atoms with Gasteiger partial charge >= 0.3 is 0 Å². The van der Waals surface area contributed by atoms with Crippen LogP contribution in [0.25, 0.3) is 5.65 Å². The third kappa shape index (κ3) is 4.56. The van der Waals surface area contributed by atoms with Crippen molar-refractivity contribution in [1.82, 2.24) is 9.38 Å². The van der Waals surface area contributed by atoms with Crippen LogP contribution in [0, 0.1) is 6.92 Å². The standard InChI is InChI=1S/C24H21N3O4/c1-16-4-3-13-27-22(28)14-19(25-23(16)27)15-31-21-11-7-18(8-12-21)26-24(29)17-5-9-20(30-2)10-6-17/h3-14H,15H2,1-2H3,(H,26,29). The van der Waals surface area contributed by atoms with E-state index in [1.54, 1.807) is 61.8 Å². The van der Waals surface area contributed by atoms with Gasteiger partial charge in [0.25, 0.3) is 11.5 Å². The van der Waals surface area contributed by atoms with Crippen LogP contribution >= 0.6 is 0 Å². The Morgan fingerprint density at radius 1 is 1.03 bits per heavy atom. The second kappa shape index (κ2) is 8.71. The van der Waals surface area contributed by atoms with Gasteiger partial charge in [-0.15, -0.1) is 0 Å². The van der Waals surface area contributed by atoms with E-state index in [0.717, 1.165) is 5.56 Å². The third-order valence-corrected chi connectivity index (χ3v) is 4.79. The maximum atomic E-state index is 12.4. The third-order valence-electron chi connectivity index (χ3n) is 4.79. The second-order valence-electron chi connectivity index (χ2n) is 6.97. The highest BCUT2D eigenvalue weighted by atomic mass is 16.5. The molecule has 1 amide bonds. The lowest BCUT2D eigenvalue weighted by Crippen LogP contribution is -2.17. The van der Waals surface area contributed by atoms with Crippen LogP contribution in [0.15, 0.2) is 77.7 Å². The Morgan fingerprint density at radius 3 is 2.45 bits per heavy atom. The molecule has 0 aliphatic heterocycles. The van der Waals surface area contributed by atoms with Crippen molar-refractivity contribution in [1.29, 1.82) is 0 Å². The molecule has 0 aliphatic carbocycles. The lowest BCUT2D eigenvalue weighted by atomic mass is 10.2. The fourth-order valence-electron chi connectivity index (χ4n) is 3.12. The van der Waals surface area contributed by atoms with Gasteiger partial charge in [0, 0.05) is 23.5 Å². The Labute approximate surface area is 178 Å². The molecule has 0 bridgehead atoms. The van der Waals surface area contributed by atoms with E-state index < -0.39 is 0 Å². The number of aromatic nitrogens is 2. The SMILES string of the molecule is COc1ccc(C(=O)Nc2ccc(OCc3cc(=O)n4cccc(C)c4n3)cc2)cc1.